The monoisotopic (exact) mass is 385 g/mol. The predicted octanol–water partition coefficient (Wildman–Crippen LogP) is 4.14. The number of amides is 1. The largest absolute Gasteiger partial charge is 0.453 e. The summed E-state index contributed by atoms with van der Waals surface area (Å²) < 4.78 is 5.69. The maximum Gasteiger partial charge on any atom is 0.307 e. The first-order valence-corrected chi connectivity index (χ1v) is 9.93. The van der Waals surface area contributed by atoms with E-state index in [4.69, 9.17) is 16.3 Å². The number of halogens is 1. The van der Waals surface area contributed by atoms with Crippen LogP contribution in [-0.4, -0.2) is 29.8 Å². The van der Waals surface area contributed by atoms with Crippen molar-refractivity contribution in [3.05, 3.63) is 21.3 Å². The molecule has 0 unspecified atom stereocenters. The van der Waals surface area contributed by atoms with E-state index in [-0.39, 0.29) is 30.6 Å². The minimum Gasteiger partial charge on any atom is -0.453 e. The summed E-state index contributed by atoms with van der Waals surface area (Å²) >= 11 is 6.98. The van der Waals surface area contributed by atoms with Gasteiger partial charge in [0.05, 0.1) is 15.6 Å². The SMILES string of the molecule is C[C@H](OC(=O)CCC(=O)c1ccc(Cl)s1)C(=O)NC1CCCCCC1. The third kappa shape index (κ3) is 6.78. The van der Waals surface area contributed by atoms with Gasteiger partial charge in [0.15, 0.2) is 11.9 Å². The van der Waals surface area contributed by atoms with Crippen LogP contribution in [0.15, 0.2) is 12.1 Å². The average Bonchev–Trinajstić information content (AvgIpc) is 2.85. The first-order chi connectivity index (χ1) is 12.0. The molecule has 2 rings (SSSR count). The summed E-state index contributed by atoms with van der Waals surface area (Å²) in [7, 11) is 0. The molecule has 5 nitrogen and oxygen atoms in total. The van der Waals surface area contributed by atoms with Crippen LogP contribution in [0, 0.1) is 0 Å². The highest BCUT2D eigenvalue weighted by molar-refractivity contribution is 7.18. The Morgan fingerprint density at radius 3 is 2.48 bits per heavy atom. The highest BCUT2D eigenvalue weighted by Gasteiger charge is 2.22. The average molecular weight is 386 g/mol. The number of nitrogens with one attached hydrogen (secondary N) is 1. The molecule has 1 aliphatic rings. The molecule has 1 amide bonds. The summed E-state index contributed by atoms with van der Waals surface area (Å²) in [4.78, 5) is 36.5. The van der Waals surface area contributed by atoms with E-state index in [1.807, 2.05) is 0 Å². The van der Waals surface area contributed by atoms with Gasteiger partial charge >= 0.3 is 5.97 Å². The van der Waals surface area contributed by atoms with Gasteiger partial charge in [0, 0.05) is 12.5 Å². The zero-order valence-corrected chi connectivity index (χ0v) is 16.0. The van der Waals surface area contributed by atoms with Crippen LogP contribution < -0.4 is 5.32 Å². The lowest BCUT2D eigenvalue weighted by molar-refractivity contribution is -0.155. The number of thiophene rings is 1. The van der Waals surface area contributed by atoms with Gasteiger partial charge in [0.25, 0.3) is 5.91 Å². The van der Waals surface area contributed by atoms with E-state index in [1.165, 1.54) is 24.2 Å². The summed E-state index contributed by atoms with van der Waals surface area (Å²) in [6.07, 6.45) is 5.77. The van der Waals surface area contributed by atoms with E-state index >= 15 is 0 Å². The Bertz CT molecular complexity index is 608. The third-order valence-corrected chi connectivity index (χ3v) is 5.56. The number of Topliss-reactive ketones (excluding diaryl/α,β-unsaturated/α-hetero) is 1. The second-order valence-corrected chi connectivity index (χ2v) is 8.07. The van der Waals surface area contributed by atoms with Crippen molar-refractivity contribution in [1.82, 2.24) is 5.32 Å². The van der Waals surface area contributed by atoms with E-state index in [2.05, 4.69) is 5.32 Å². The summed E-state index contributed by atoms with van der Waals surface area (Å²) in [5.74, 6) is -0.958. The first-order valence-electron chi connectivity index (χ1n) is 8.74. The van der Waals surface area contributed by atoms with Crippen molar-refractivity contribution in [2.24, 2.45) is 0 Å². The van der Waals surface area contributed by atoms with E-state index < -0.39 is 12.1 Å². The molecule has 7 heteroatoms. The third-order valence-electron chi connectivity index (χ3n) is 4.28. The van der Waals surface area contributed by atoms with Crippen LogP contribution in [0.2, 0.25) is 4.34 Å². The second kappa shape index (κ2) is 9.92. The standard InChI is InChI=1S/C18H24ClNO4S/c1-12(18(23)20-13-6-4-2-3-5-7-13)24-17(22)11-8-14(21)15-9-10-16(19)25-15/h9-10,12-13H,2-8,11H2,1H3,(H,20,23)/t12-/m0/s1. The lowest BCUT2D eigenvalue weighted by Gasteiger charge is -2.19. The molecule has 1 aromatic heterocycles. The Labute approximate surface area is 157 Å². The molecular formula is C18H24ClNO4S. The molecular weight excluding hydrogens is 362 g/mol. The molecule has 0 spiro atoms. The van der Waals surface area contributed by atoms with Crippen molar-refractivity contribution < 1.29 is 19.1 Å². The topological polar surface area (TPSA) is 72.5 Å². The lowest BCUT2D eigenvalue weighted by atomic mass is 10.1. The van der Waals surface area contributed by atoms with E-state index in [9.17, 15) is 14.4 Å². The fraction of sp³-hybridized carbons (Fsp3) is 0.611. The maximum absolute atomic E-state index is 12.2. The fourth-order valence-corrected chi connectivity index (χ4v) is 3.87. The maximum atomic E-state index is 12.2. The van der Waals surface area contributed by atoms with Crippen LogP contribution in [-0.2, 0) is 14.3 Å². The molecule has 0 aromatic carbocycles. The van der Waals surface area contributed by atoms with Crippen molar-refractivity contribution in [2.45, 2.75) is 70.4 Å². The molecule has 1 aliphatic carbocycles. The highest BCUT2D eigenvalue weighted by Crippen LogP contribution is 2.23. The van der Waals surface area contributed by atoms with Gasteiger partial charge in [-0.1, -0.05) is 37.3 Å². The number of hydrogen-bond acceptors (Lipinski definition) is 5. The van der Waals surface area contributed by atoms with Crippen molar-refractivity contribution in [1.29, 1.82) is 0 Å². The number of hydrogen-bond donors (Lipinski definition) is 1. The quantitative estimate of drug-likeness (QED) is 0.435. The predicted molar refractivity (Wildman–Crippen MR) is 98.1 cm³/mol. The molecule has 1 aromatic rings. The van der Waals surface area contributed by atoms with Gasteiger partial charge in [-0.25, -0.2) is 0 Å². The Morgan fingerprint density at radius 1 is 1.20 bits per heavy atom. The minimum absolute atomic E-state index is 0.0462. The van der Waals surface area contributed by atoms with E-state index in [0.717, 1.165) is 25.7 Å². The Kier molecular flexibility index (Phi) is 7.90. The van der Waals surface area contributed by atoms with Crippen LogP contribution in [0.1, 0.15) is 68.0 Å². The summed E-state index contributed by atoms with van der Waals surface area (Å²) in [6, 6.07) is 3.46. The van der Waals surface area contributed by atoms with Gasteiger partial charge in [-0.15, -0.1) is 11.3 Å². The molecule has 0 saturated heterocycles. The molecule has 1 saturated carbocycles. The van der Waals surface area contributed by atoms with Crippen LogP contribution >= 0.6 is 22.9 Å². The second-order valence-electron chi connectivity index (χ2n) is 6.36. The van der Waals surface area contributed by atoms with Gasteiger partial charge < -0.3 is 10.1 Å². The fourth-order valence-electron chi connectivity index (χ4n) is 2.85. The zero-order chi connectivity index (χ0) is 18.2. The molecule has 1 N–H and O–H groups in total. The highest BCUT2D eigenvalue weighted by atomic mass is 35.5. The van der Waals surface area contributed by atoms with Gasteiger partial charge in [-0.3, -0.25) is 14.4 Å². The Balaban J connectivity index is 1.71. The van der Waals surface area contributed by atoms with Gasteiger partial charge in [0.2, 0.25) is 0 Å². The van der Waals surface area contributed by atoms with Gasteiger partial charge in [0.1, 0.15) is 0 Å². The summed E-state index contributed by atoms with van der Waals surface area (Å²) in [6.45, 7) is 1.56. The first kappa shape index (κ1) is 19.9. The number of carbonyl (C=O) groups excluding carboxylic acids is 3. The molecule has 1 fully saturated rings. The summed E-state index contributed by atoms with van der Waals surface area (Å²) in [5.41, 5.74) is 0. The molecule has 0 bridgehead atoms. The number of rotatable bonds is 7. The smallest absolute Gasteiger partial charge is 0.307 e. The Hall–Kier alpha value is -1.40. The van der Waals surface area contributed by atoms with Crippen molar-refractivity contribution in [2.75, 3.05) is 0 Å². The molecule has 0 aliphatic heterocycles. The minimum atomic E-state index is -0.845. The van der Waals surface area contributed by atoms with Crippen molar-refractivity contribution >= 4 is 40.6 Å². The van der Waals surface area contributed by atoms with Crippen LogP contribution in [0.3, 0.4) is 0 Å². The number of esters is 1. The Morgan fingerprint density at radius 2 is 1.88 bits per heavy atom. The van der Waals surface area contributed by atoms with E-state index in [1.54, 1.807) is 19.1 Å². The van der Waals surface area contributed by atoms with Crippen LogP contribution in [0.25, 0.3) is 0 Å². The normalized spacial score (nSPS) is 16.7. The van der Waals surface area contributed by atoms with E-state index in [0.29, 0.717) is 9.21 Å². The molecule has 138 valence electrons. The summed E-state index contributed by atoms with van der Waals surface area (Å²) in [5, 5.41) is 2.96. The number of carbonyl (C=O) groups is 3. The zero-order valence-electron chi connectivity index (χ0n) is 14.4. The molecule has 1 atom stereocenters. The molecule has 1 heterocycles. The molecule has 0 radical (unpaired) electrons. The van der Waals surface area contributed by atoms with Gasteiger partial charge in [-0.2, -0.15) is 0 Å². The number of ether oxygens (including phenoxy) is 1. The van der Waals surface area contributed by atoms with Gasteiger partial charge in [-0.05, 0) is 31.9 Å². The van der Waals surface area contributed by atoms with Crippen LogP contribution in [0.5, 0.6) is 0 Å². The van der Waals surface area contributed by atoms with Crippen LogP contribution in [0.4, 0.5) is 0 Å². The lowest BCUT2D eigenvalue weighted by Crippen LogP contribution is -2.41. The van der Waals surface area contributed by atoms with Crippen molar-refractivity contribution in [3.63, 3.8) is 0 Å². The number of ketones is 1. The molecule has 25 heavy (non-hydrogen) atoms. The van der Waals surface area contributed by atoms with Crippen molar-refractivity contribution in [3.8, 4) is 0 Å².